The van der Waals surface area contributed by atoms with Crippen molar-refractivity contribution in [3.63, 3.8) is 0 Å². The lowest BCUT2D eigenvalue weighted by atomic mass is 9.99. The van der Waals surface area contributed by atoms with Crippen LogP contribution in [0.3, 0.4) is 0 Å². The molecule has 27 heavy (non-hydrogen) atoms. The molecule has 0 saturated heterocycles. The molecule has 0 spiro atoms. The molecule has 0 aliphatic carbocycles. The standard InChI is InChI=1S/C18H18FN3O4S/c1-25-16-7-13-15(8-17(16)26-2)21-10-14(19)18(13)12-5-3-11(4-6-12)9-22-27(20,23)24/h3-8,10,22H,9H2,1-2H3,(H2,20,23,24). The number of fused-ring (bicyclic) bond motifs is 1. The third-order valence-electron chi connectivity index (χ3n) is 4.05. The molecule has 0 aliphatic heterocycles. The average molecular weight is 391 g/mol. The van der Waals surface area contributed by atoms with Crippen molar-refractivity contribution >= 4 is 21.1 Å². The van der Waals surface area contributed by atoms with E-state index in [1.54, 1.807) is 36.4 Å². The Morgan fingerprint density at radius 3 is 2.33 bits per heavy atom. The smallest absolute Gasteiger partial charge is 0.274 e. The number of hydrogen-bond acceptors (Lipinski definition) is 5. The van der Waals surface area contributed by atoms with Gasteiger partial charge in [-0.3, -0.25) is 4.98 Å². The zero-order valence-corrected chi connectivity index (χ0v) is 15.5. The lowest BCUT2D eigenvalue weighted by molar-refractivity contribution is 0.356. The van der Waals surface area contributed by atoms with Crippen molar-refractivity contribution < 1.29 is 22.3 Å². The highest BCUT2D eigenvalue weighted by Crippen LogP contribution is 2.37. The third-order valence-corrected chi connectivity index (χ3v) is 4.59. The number of nitrogens with zero attached hydrogens (tertiary/aromatic N) is 1. The molecule has 0 radical (unpaired) electrons. The van der Waals surface area contributed by atoms with Crippen LogP contribution in [0.25, 0.3) is 22.0 Å². The van der Waals surface area contributed by atoms with Gasteiger partial charge in [0.1, 0.15) is 5.82 Å². The van der Waals surface area contributed by atoms with Crippen LogP contribution in [0.5, 0.6) is 11.5 Å². The Morgan fingerprint density at radius 2 is 1.74 bits per heavy atom. The topological polar surface area (TPSA) is 104 Å². The van der Waals surface area contributed by atoms with Gasteiger partial charge >= 0.3 is 0 Å². The molecule has 0 saturated carbocycles. The van der Waals surface area contributed by atoms with Gasteiger partial charge in [-0.15, -0.1) is 0 Å². The lowest BCUT2D eigenvalue weighted by Gasteiger charge is -2.13. The fourth-order valence-corrected chi connectivity index (χ4v) is 3.13. The first-order valence-corrected chi connectivity index (χ1v) is 9.44. The van der Waals surface area contributed by atoms with Crippen molar-refractivity contribution in [3.05, 3.63) is 54.0 Å². The monoisotopic (exact) mass is 391 g/mol. The van der Waals surface area contributed by atoms with Crippen LogP contribution in [-0.4, -0.2) is 27.6 Å². The number of aromatic nitrogens is 1. The number of ether oxygens (including phenoxy) is 2. The molecule has 3 rings (SSSR count). The summed E-state index contributed by atoms with van der Waals surface area (Å²) in [5.74, 6) is 0.484. The Bertz CT molecular complexity index is 1090. The quantitative estimate of drug-likeness (QED) is 0.671. The van der Waals surface area contributed by atoms with Crippen LogP contribution in [0.1, 0.15) is 5.56 Å². The van der Waals surface area contributed by atoms with Crippen LogP contribution >= 0.6 is 0 Å². The molecule has 9 heteroatoms. The van der Waals surface area contributed by atoms with Crippen LogP contribution in [0.15, 0.2) is 42.6 Å². The van der Waals surface area contributed by atoms with Crippen molar-refractivity contribution in [2.45, 2.75) is 6.54 Å². The largest absolute Gasteiger partial charge is 0.493 e. The van der Waals surface area contributed by atoms with Crippen LogP contribution in [-0.2, 0) is 16.8 Å². The molecule has 0 amide bonds. The van der Waals surface area contributed by atoms with Crippen LogP contribution < -0.4 is 19.3 Å². The molecule has 0 bridgehead atoms. The van der Waals surface area contributed by atoms with Crippen LogP contribution in [0.4, 0.5) is 4.39 Å². The number of nitrogens with one attached hydrogen (secondary N) is 1. The highest BCUT2D eigenvalue weighted by Gasteiger charge is 2.15. The van der Waals surface area contributed by atoms with Crippen molar-refractivity contribution in [1.29, 1.82) is 0 Å². The maximum atomic E-state index is 14.6. The second kappa shape index (κ2) is 7.47. The van der Waals surface area contributed by atoms with Gasteiger partial charge in [0.25, 0.3) is 10.2 Å². The molecule has 3 N–H and O–H groups in total. The second-order valence-corrected chi connectivity index (χ2v) is 7.15. The van der Waals surface area contributed by atoms with E-state index >= 15 is 0 Å². The molecule has 0 unspecified atom stereocenters. The Kier molecular flexibility index (Phi) is 5.26. The van der Waals surface area contributed by atoms with Crippen molar-refractivity contribution in [2.24, 2.45) is 5.14 Å². The van der Waals surface area contributed by atoms with Crippen molar-refractivity contribution in [3.8, 4) is 22.6 Å². The zero-order chi connectivity index (χ0) is 19.6. The average Bonchev–Trinajstić information content (AvgIpc) is 2.65. The first-order chi connectivity index (χ1) is 12.8. The molecule has 2 aromatic carbocycles. The number of methoxy groups -OCH3 is 2. The number of rotatable bonds is 6. The third kappa shape index (κ3) is 4.16. The van der Waals surface area contributed by atoms with E-state index in [4.69, 9.17) is 14.6 Å². The number of benzene rings is 2. The first kappa shape index (κ1) is 19.0. The van der Waals surface area contributed by atoms with Gasteiger partial charge in [-0.1, -0.05) is 24.3 Å². The van der Waals surface area contributed by atoms with E-state index in [-0.39, 0.29) is 6.54 Å². The predicted molar refractivity (Wildman–Crippen MR) is 100 cm³/mol. The molecule has 7 nitrogen and oxygen atoms in total. The summed E-state index contributed by atoms with van der Waals surface area (Å²) >= 11 is 0. The van der Waals surface area contributed by atoms with E-state index < -0.39 is 16.0 Å². The van der Waals surface area contributed by atoms with Gasteiger partial charge in [-0.25, -0.2) is 9.53 Å². The van der Waals surface area contributed by atoms with Crippen LogP contribution in [0.2, 0.25) is 0 Å². The maximum absolute atomic E-state index is 14.6. The van der Waals surface area contributed by atoms with E-state index in [1.165, 1.54) is 14.2 Å². The van der Waals surface area contributed by atoms with Gasteiger partial charge < -0.3 is 9.47 Å². The minimum absolute atomic E-state index is 0.0453. The molecule has 1 aromatic heterocycles. The Balaban J connectivity index is 2.06. The number of hydrogen-bond donors (Lipinski definition) is 2. The summed E-state index contributed by atoms with van der Waals surface area (Å²) < 4.78 is 49.3. The van der Waals surface area contributed by atoms with Gasteiger partial charge in [-0.2, -0.15) is 13.1 Å². The SMILES string of the molecule is COc1cc2ncc(F)c(-c3ccc(CNS(N)(=O)=O)cc3)c2cc1OC. The summed E-state index contributed by atoms with van der Waals surface area (Å²) in [6.45, 7) is 0.0453. The molecule has 1 heterocycles. The van der Waals surface area contributed by atoms with E-state index in [0.29, 0.717) is 39.1 Å². The molecule has 3 aromatic rings. The maximum Gasteiger partial charge on any atom is 0.274 e. The Morgan fingerprint density at radius 1 is 1.11 bits per heavy atom. The summed E-state index contributed by atoms with van der Waals surface area (Å²) in [7, 11) is -0.759. The summed E-state index contributed by atoms with van der Waals surface area (Å²) in [5.41, 5.74) is 2.23. The van der Waals surface area contributed by atoms with Gasteiger partial charge in [0.15, 0.2) is 11.5 Å². The van der Waals surface area contributed by atoms with Crippen LogP contribution in [0, 0.1) is 5.82 Å². The molecule has 0 aliphatic rings. The number of pyridine rings is 1. The molecular formula is C18H18FN3O4S. The lowest BCUT2D eigenvalue weighted by Crippen LogP contribution is -2.30. The highest BCUT2D eigenvalue weighted by atomic mass is 32.2. The van der Waals surface area contributed by atoms with E-state index in [0.717, 1.165) is 6.20 Å². The summed E-state index contributed by atoms with van der Waals surface area (Å²) in [4.78, 5) is 4.12. The number of nitrogens with two attached hydrogens (primary N) is 1. The summed E-state index contributed by atoms with van der Waals surface area (Å²) in [6.07, 6.45) is 1.15. The van der Waals surface area contributed by atoms with E-state index in [9.17, 15) is 12.8 Å². The predicted octanol–water partition coefficient (Wildman–Crippen LogP) is 2.35. The van der Waals surface area contributed by atoms with Gasteiger partial charge in [0.05, 0.1) is 25.9 Å². The highest BCUT2D eigenvalue weighted by molar-refractivity contribution is 7.87. The molecule has 0 atom stereocenters. The molecular weight excluding hydrogens is 373 g/mol. The molecule has 0 fully saturated rings. The fourth-order valence-electron chi connectivity index (χ4n) is 2.76. The zero-order valence-electron chi connectivity index (χ0n) is 14.7. The van der Waals surface area contributed by atoms with Crippen molar-refractivity contribution in [2.75, 3.05) is 14.2 Å². The van der Waals surface area contributed by atoms with Crippen molar-refractivity contribution in [1.82, 2.24) is 9.71 Å². The Hall–Kier alpha value is -2.75. The summed E-state index contributed by atoms with van der Waals surface area (Å²) in [6, 6.07) is 10.2. The van der Waals surface area contributed by atoms with Gasteiger partial charge in [-0.05, 0) is 17.2 Å². The minimum atomic E-state index is -3.78. The summed E-state index contributed by atoms with van der Waals surface area (Å²) in [5, 5.41) is 5.49. The van der Waals surface area contributed by atoms with E-state index in [2.05, 4.69) is 9.71 Å². The fraction of sp³-hybridized carbons (Fsp3) is 0.167. The normalized spacial score (nSPS) is 11.6. The first-order valence-electron chi connectivity index (χ1n) is 7.89. The Labute approximate surface area is 156 Å². The van der Waals surface area contributed by atoms with Gasteiger partial charge in [0, 0.05) is 23.6 Å². The second-order valence-electron chi connectivity index (χ2n) is 5.77. The minimum Gasteiger partial charge on any atom is -0.493 e. The molecule has 142 valence electrons. The van der Waals surface area contributed by atoms with E-state index in [1.807, 2.05) is 0 Å². The van der Waals surface area contributed by atoms with Gasteiger partial charge in [0.2, 0.25) is 0 Å². The number of halogens is 1.